The zero-order valence-electron chi connectivity index (χ0n) is 8.07. The molecule has 0 heterocycles. The highest BCUT2D eigenvalue weighted by Gasteiger charge is 2.30. The Morgan fingerprint density at radius 2 is 1.25 bits per heavy atom. The van der Waals surface area contributed by atoms with E-state index in [0.717, 1.165) is 0 Å². The van der Waals surface area contributed by atoms with Crippen LogP contribution in [0.5, 0.6) is 0 Å². The molecule has 0 saturated carbocycles. The maximum Gasteiger partial charge on any atom is 0.341 e. The summed E-state index contributed by atoms with van der Waals surface area (Å²) in [7, 11) is -13.5. The molecule has 98 valence electrons. The Balaban J connectivity index is 4.72. The minimum atomic E-state index is -4.67. The lowest BCUT2D eigenvalue weighted by atomic mass is 11.2. The molecule has 16 heavy (non-hydrogen) atoms. The first kappa shape index (κ1) is 16.4. The van der Waals surface area contributed by atoms with Gasteiger partial charge in [-0.25, -0.2) is 4.62 Å². The Morgan fingerprint density at radius 1 is 0.938 bits per heavy atom. The number of hydrogen-bond acceptors (Lipinski definition) is 5. The maximum absolute atomic E-state index is 10.8. The van der Waals surface area contributed by atoms with E-state index in [1.807, 2.05) is 0 Å². The molecule has 0 aliphatic rings. The van der Waals surface area contributed by atoms with Gasteiger partial charge in [-0.2, -0.15) is 5.06 Å². The van der Waals surface area contributed by atoms with E-state index in [1.54, 1.807) is 0 Å². The first-order valence-corrected chi connectivity index (χ1v) is 9.24. The molecule has 0 rings (SSSR count). The smallest absolute Gasteiger partial charge is 0.324 e. The molecular weight excluding hydrogens is 287 g/mol. The van der Waals surface area contributed by atoms with Crippen LogP contribution in [0.25, 0.3) is 0 Å². The van der Waals surface area contributed by atoms with E-state index < -0.39 is 35.4 Å². The predicted molar refractivity (Wildman–Crippen MR) is 52.5 cm³/mol. The third kappa shape index (κ3) is 10.9. The van der Waals surface area contributed by atoms with Gasteiger partial charge in [0.25, 0.3) is 0 Å². The van der Waals surface area contributed by atoms with Gasteiger partial charge >= 0.3 is 22.8 Å². The van der Waals surface area contributed by atoms with Crippen molar-refractivity contribution >= 4 is 22.8 Å². The largest absolute Gasteiger partial charge is 0.341 e. The molecule has 0 aromatic heterocycles. The van der Waals surface area contributed by atoms with Crippen LogP contribution in [0, 0.1) is 0 Å². The number of hydroxylamine groups is 2. The van der Waals surface area contributed by atoms with Crippen LogP contribution in [0.15, 0.2) is 0 Å². The van der Waals surface area contributed by atoms with E-state index >= 15 is 0 Å². The Labute approximate surface area is 90.7 Å². The highest BCUT2D eigenvalue weighted by molar-refractivity contribution is 7.53. The predicted octanol–water partition coefficient (Wildman–Crippen LogP) is -0.694. The zero-order valence-corrected chi connectivity index (χ0v) is 10.8. The molecule has 0 spiro atoms. The van der Waals surface area contributed by atoms with Gasteiger partial charge in [0, 0.05) is 6.66 Å². The lowest BCUT2D eigenvalue weighted by molar-refractivity contribution is -0.0388. The van der Waals surface area contributed by atoms with Crippen LogP contribution in [0.4, 0.5) is 0 Å². The summed E-state index contributed by atoms with van der Waals surface area (Å²) in [4.78, 5) is 43.0. The summed E-state index contributed by atoms with van der Waals surface area (Å²) in [6.07, 6.45) is -2.40. The molecule has 10 nitrogen and oxygen atoms in total. The molecule has 0 amide bonds. The summed E-state index contributed by atoms with van der Waals surface area (Å²) in [6, 6.07) is 0. The normalized spacial score (nSPS) is 17.4. The van der Waals surface area contributed by atoms with Gasteiger partial charge in [-0.1, -0.05) is 0 Å². The summed E-state index contributed by atoms with van der Waals surface area (Å²) in [5.74, 6) is 0. The minimum absolute atomic E-state index is 0.0856. The average Bonchev–Trinajstić information content (AvgIpc) is 1.70. The van der Waals surface area contributed by atoms with E-state index in [1.165, 1.54) is 0 Å². The molecule has 0 saturated heterocycles. The van der Waals surface area contributed by atoms with Crippen LogP contribution in [-0.4, -0.2) is 48.8 Å². The van der Waals surface area contributed by atoms with Gasteiger partial charge < -0.3 is 24.5 Å². The maximum atomic E-state index is 10.8. The van der Waals surface area contributed by atoms with E-state index in [-0.39, 0.29) is 5.06 Å². The van der Waals surface area contributed by atoms with Gasteiger partial charge in [0.1, 0.15) is 12.6 Å². The SMILES string of the molecule is CP(=O)(O)ON(CP(=O)(O)O)CP(=O)(O)O. The van der Waals surface area contributed by atoms with Crippen molar-refractivity contribution in [3.05, 3.63) is 0 Å². The van der Waals surface area contributed by atoms with Crippen LogP contribution in [-0.2, 0) is 18.3 Å². The molecule has 1 atom stereocenters. The van der Waals surface area contributed by atoms with Gasteiger partial charge in [0.2, 0.25) is 0 Å². The lowest BCUT2D eigenvalue weighted by Gasteiger charge is -2.22. The fourth-order valence-electron chi connectivity index (χ4n) is 0.722. The van der Waals surface area contributed by atoms with Gasteiger partial charge in [-0.15, -0.1) is 0 Å². The second kappa shape index (κ2) is 5.37. The molecule has 5 N–H and O–H groups in total. The number of rotatable bonds is 6. The molecule has 13 heteroatoms. The van der Waals surface area contributed by atoms with Crippen molar-refractivity contribution in [2.24, 2.45) is 0 Å². The molecule has 0 aromatic carbocycles. The van der Waals surface area contributed by atoms with Crippen molar-refractivity contribution in [1.82, 2.24) is 5.06 Å². The quantitative estimate of drug-likeness (QED) is 0.313. The Morgan fingerprint density at radius 3 is 1.44 bits per heavy atom. The summed E-state index contributed by atoms with van der Waals surface area (Å²) >= 11 is 0. The summed E-state index contributed by atoms with van der Waals surface area (Å²) in [6.45, 7) is 0.708. The summed E-state index contributed by atoms with van der Waals surface area (Å²) in [5.41, 5.74) is 0. The fourth-order valence-corrected chi connectivity index (χ4v) is 2.74. The lowest BCUT2D eigenvalue weighted by Crippen LogP contribution is -2.25. The molecule has 0 aliphatic carbocycles. The van der Waals surface area contributed by atoms with E-state index in [9.17, 15) is 13.7 Å². The molecule has 0 bridgehead atoms. The fraction of sp³-hybridized carbons (Fsp3) is 1.00. The van der Waals surface area contributed by atoms with Gasteiger partial charge in [0.05, 0.1) is 0 Å². The van der Waals surface area contributed by atoms with Crippen molar-refractivity contribution in [2.45, 2.75) is 0 Å². The minimum Gasteiger partial charge on any atom is -0.324 e. The van der Waals surface area contributed by atoms with Crippen LogP contribution < -0.4 is 0 Å². The average molecular weight is 299 g/mol. The monoisotopic (exact) mass is 299 g/mol. The van der Waals surface area contributed by atoms with E-state index in [2.05, 4.69) is 4.62 Å². The van der Waals surface area contributed by atoms with Crippen molar-refractivity contribution in [3.63, 3.8) is 0 Å². The first-order valence-electron chi connectivity index (χ1n) is 3.62. The van der Waals surface area contributed by atoms with E-state index in [4.69, 9.17) is 24.5 Å². The van der Waals surface area contributed by atoms with Gasteiger partial charge in [-0.3, -0.25) is 13.7 Å². The van der Waals surface area contributed by atoms with Crippen molar-refractivity contribution < 1.29 is 42.8 Å². The van der Waals surface area contributed by atoms with E-state index in [0.29, 0.717) is 6.66 Å². The summed E-state index contributed by atoms with van der Waals surface area (Å²) in [5, 5.41) is 0.0856. The Kier molecular flexibility index (Phi) is 5.51. The molecule has 0 aliphatic heterocycles. The van der Waals surface area contributed by atoms with Crippen LogP contribution >= 0.6 is 22.8 Å². The second-order valence-electron chi connectivity index (χ2n) is 2.98. The topological polar surface area (TPSA) is 165 Å². The number of hydrogen-bond donors (Lipinski definition) is 5. The zero-order chi connectivity index (χ0) is 13.2. The van der Waals surface area contributed by atoms with Gasteiger partial charge in [0.15, 0.2) is 0 Å². The Hall–Kier alpha value is 0.410. The molecular formula is C3H12NO9P3. The van der Waals surface area contributed by atoms with Gasteiger partial charge in [-0.05, 0) is 0 Å². The second-order valence-corrected chi connectivity index (χ2v) is 7.97. The van der Waals surface area contributed by atoms with Crippen LogP contribution in [0.1, 0.15) is 0 Å². The molecule has 1 unspecified atom stereocenters. The van der Waals surface area contributed by atoms with Crippen molar-refractivity contribution in [1.29, 1.82) is 0 Å². The van der Waals surface area contributed by atoms with Crippen molar-refractivity contribution in [3.8, 4) is 0 Å². The third-order valence-corrected chi connectivity index (χ3v) is 2.85. The first-order chi connectivity index (χ1) is 6.79. The highest BCUT2D eigenvalue weighted by Crippen LogP contribution is 2.46. The third-order valence-electron chi connectivity index (χ3n) is 0.951. The Bertz CT molecular complexity index is 305. The molecule has 0 radical (unpaired) electrons. The van der Waals surface area contributed by atoms with Crippen LogP contribution in [0.3, 0.4) is 0 Å². The number of nitrogens with zero attached hydrogens (tertiary/aromatic N) is 1. The summed E-state index contributed by atoms with van der Waals surface area (Å²) < 4.78 is 36.1. The highest BCUT2D eigenvalue weighted by atomic mass is 31.2. The van der Waals surface area contributed by atoms with Crippen LogP contribution in [0.2, 0.25) is 0 Å². The molecule has 0 aromatic rings. The van der Waals surface area contributed by atoms with Crippen molar-refractivity contribution in [2.75, 3.05) is 19.2 Å². The molecule has 0 fully saturated rings. The standard InChI is InChI=1S/C3H12NO9P3/c1-14(5,6)13-4(2-15(7,8)9)3-16(10,11)12/h2-3H2,1H3,(H,5,6)(H2,7,8,9)(H2,10,11,12).